The van der Waals surface area contributed by atoms with E-state index >= 15 is 0 Å². The minimum absolute atomic E-state index is 0.125. The lowest BCUT2D eigenvalue weighted by atomic mass is 9.78. The highest BCUT2D eigenvalue weighted by Gasteiger charge is 2.49. The summed E-state index contributed by atoms with van der Waals surface area (Å²) in [5.41, 5.74) is -0.528. The standard InChI is InChI=1S/C36H32O16/c37-12-25-30(45)32(47)33(48)36(52-25)51-24-11-21(44)26-20(43)10-22(14-3-6-17(40)18(41)7-14)49-35(26)28(24)29-31(46)27-19(42)8-16(39)9-23(27)50-34(29)13-1-4-15(38)5-2-13/h1-11,20,25,29-30,32-34,36-45,47-48H,12H2/t20-,25+,29-,30+,32-,33+,34+,36+/m1/s1. The third kappa shape index (κ3) is 5.82. The lowest BCUT2D eigenvalue weighted by molar-refractivity contribution is -0.277. The van der Waals surface area contributed by atoms with E-state index in [4.69, 9.17) is 18.9 Å². The van der Waals surface area contributed by atoms with E-state index in [1.807, 2.05) is 0 Å². The van der Waals surface area contributed by atoms with Gasteiger partial charge in [0.25, 0.3) is 0 Å². The van der Waals surface area contributed by atoms with Gasteiger partial charge in [0.2, 0.25) is 6.29 Å². The van der Waals surface area contributed by atoms with Crippen molar-refractivity contribution in [2.75, 3.05) is 6.61 Å². The fourth-order valence-corrected chi connectivity index (χ4v) is 6.57. The van der Waals surface area contributed by atoms with Crippen molar-refractivity contribution >= 4 is 11.5 Å². The molecule has 4 aromatic carbocycles. The summed E-state index contributed by atoms with van der Waals surface area (Å²) in [7, 11) is 0. The number of phenols is 6. The number of fused-ring (bicyclic) bond motifs is 2. The van der Waals surface area contributed by atoms with Crippen LogP contribution in [0.25, 0.3) is 5.76 Å². The molecule has 0 aromatic heterocycles. The van der Waals surface area contributed by atoms with E-state index in [2.05, 4.69) is 0 Å². The van der Waals surface area contributed by atoms with Crippen molar-refractivity contribution in [3.63, 3.8) is 0 Å². The monoisotopic (exact) mass is 720 g/mol. The molecular formula is C36H32O16. The third-order valence-corrected chi connectivity index (χ3v) is 9.15. The zero-order valence-corrected chi connectivity index (χ0v) is 26.6. The second-order valence-corrected chi connectivity index (χ2v) is 12.5. The Labute approximate surface area is 293 Å². The first kappa shape index (κ1) is 34.7. The number of phenolic OH excluding ortho intramolecular Hbond substituents is 6. The highest BCUT2D eigenvalue weighted by molar-refractivity contribution is 6.08. The quantitative estimate of drug-likeness (QED) is 0.126. The van der Waals surface area contributed by atoms with Crippen molar-refractivity contribution in [2.45, 2.75) is 48.8 Å². The van der Waals surface area contributed by atoms with Gasteiger partial charge in [-0.1, -0.05) is 12.1 Å². The Hall–Kier alpha value is -5.75. The highest BCUT2D eigenvalue weighted by Crippen LogP contribution is 2.56. The Bertz CT molecular complexity index is 2080. The number of aliphatic hydroxyl groups is 5. The van der Waals surface area contributed by atoms with E-state index in [-0.39, 0.29) is 50.8 Å². The fraction of sp³-hybridized carbons (Fsp3) is 0.250. The van der Waals surface area contributed by atoms with Crippen LogP contribution in [-0.2, 0) is 4.74 Å². The predicted molar refractivity (Wildman–Crippen MR) is 174 cm³/mol. The molecule has 16 heteroatoms. The highest BCUT2D eigenvalue weighted by atomic mass is 16.7. The molecule has 0 radical (unpaired) electrons. The van der Waals surface area contributed by atoms with Crippen molar-refractivity contribution in [3.8, 4) is 51.7 Å². The average Bonchev–Trinajstić information content (AvgIpc) is 3.10. The SMILES string of the molecule is O=C1c2c(O)cc(O)cc2O[C@@H](c2ccc(O)cc2)[C@@H]1c1c(O[C@H]2O[C@@H](CO)[C@H](O)[C@@H](O)[C@@H]2O)cc(O)c2c1OC(c1ccc(O)c(O)c1)=C[C@H]2O. The largest absolute Gasteiger partial charge is 0.508 e. The average molecular weight is 721 g/mol. The number of aromatic hydroxyl groups is 6. The van der Waals surface area contributed by atoms with Gasteiger partial charge in [-0.25, -0.2) is 0 Å². The number of carbonyl (C=O) groups excluding carboxylic acids is 1. The second-order valence-electron chi connectivity index (χ2n) is 12.5. The van der Waals surface area contributed by atoms with Gasteiger partial charge >= 0.3 is 0 Å². The smallest absolute Gasteiger partial charge is 0.229 e. The van der Waals surface area contributed by atoms with Crippen molar-refractivity contribution in [2.24, 2.45) is 0 Å². The number of benzene rings is 4. The minimum atomic E-state index is -1.95. The number of aliphatic hydroxyl groups excluding tert-OH is 5. The van der Waals surface area contributed by atoms with Crippen molar-refractivity contribution < 1.29 is 79.9 Å². The summed E-state index contributed by atoms with van der Waals surface area (Å²) in [5.74, 6) is -6.52. The van der Waals surface area contributed by atoms with E-state index in [0.717, 1.165) is 30.3 Å². The second kappa shape index (κ2) is 13.1. The van der Waals surface area contributed by atoms with Gasteiger partial charge in [-0.3, -0.25) is 4.79 Å². The summed E-state index contributed by atoms with van der Waals surface area (Å²) in [6, 6.07) is 12.1. The fourth-order valence-electron chi connectivity index (χ4n) is 6.57. The molecule has 7 rings (SSSR count). The predicted octanol–water partition coefficient (Wildman–Crippen LogP) is 1.67. The van der Waals surface area contributed by atoms with E-state index in [1.165, 1.54) is 36.4 Å². The molecule has 0 bridgehead atoms. The summed E-state index contributed by atoms with van der Waals surface area (Å²) in [5, 5.41) is 115. The van der Waals surface area contributed by atoms with Crippen LogP contribution in [0.4, 0.5) is 0 Å². The number of ether oxygens (including phenoxy) is 4. The Morgan fingerprint density at radius 2 is 1.44 bits per heavy atom. The van der Waals surface area contributed by atoms with E-state index < -0.39 is 95.7 Å². The lowest BCUT2D eigenvalue weighted by Gasteiger charge is -2.41. The Kier molecular flexibility index (Phi) is 8.74. The van der Waals surface area contributed by atoms with Gasteiger partial charge in [0.15, 0.2) is 17.3 Å². The molecule has 3 heterocycles. The number of carbonyl (C=O) groups is 1. The number of rotatable bonds is 6. The summed E-state index contributed by atoms with van der Waals surface area (Å²) in [6.07, 6.45) is -10.7. The van der Waals surface area contributed by atoms with Crippen LogP contribution in [0.15, 0.2) is 66.7 Å². The van der Waals surface area contributed by atoms with Crippen LogP contribution in [-0.4, -0.2) is 99.3 Å². The van der Waals surface area contributed by atoms with Crippen molar-refractivity contribution in [3.05, 3.63) is 94.6 Å². The number of hydrogen-bond acceptors (Lipinski definition) is 16. The summed E-state index contributed by atoms with van der Waals surface area (Å²) < 4.78 is 24.1. The molecule has 0 spiro atoms. The van der Waals surface area contributed by atoms with Crippen molar-refractivity contribution in [1.29, 1.82) is 0 Å². The van der Waals surface area contributed by atoms with E-state index in [0.29, 0.717) is 0 Å². The molecule has 4 aromatic rings. The van der Waals surface area contributed by atoms with Crippen LogP contribution >= 0.6 is 0 Å². The van der Waals surface area contributed by atoms with Crippen molar-refractivity contribution in [1.82, 2.24) is 0 Å². The van der Waals surface area contributed by atoms with Gasteiger partial charge < -0.3 is 75.1 Å². The summed E-state index contributed by atoms with van der Waals surface area (Å²) in [6.45, 7) is -0.809. The Morgan fingerprint density at radius 3 is 2.13 bits per heavy atom. The van der Waals surface area contributed by atoms with Crippen LogP contribution in [0, 0.1) is 0 Å². The number of hydrogen-bond donors (Lipinski definition) is 11. The first-order valence-electron chi connectivity index (χ1n) is 15.8. The van der Waals surface area contributed by atoms with Gasteiger partial charge in [-0.15, -0.1) is 0 Å². The molecule has 0 aliphatic carbocycles. The maximum Gasteiger partial charge on any atom is 0.229 e. The molecule has 1 fully saturated rings. The first-order chi connectivity index (χ1) is 24.8. The molecule has 3 aliphatic rings. The topological polar surface area (TPSA) is 277 Å². The van der Waals surface area contributed by atoms with Gasteiger partial charge in [-0.05, 0) is 42.0 Å². The van der Waals surface area contributed by atoms with Gasteiger partial charge in [0.1, 0.15) is 88.2 Å². The molecule has 0 unspecified atom stereocenters. The number of Topliss-reactive ketones (excluding diaryl/α,β-unsaturated/α-hetero) is 1. The van der Waals surface area contributed by atoms with Gasteiger partial charge in [-0.2, -0.15) is 0 Å². The molecule has 16 nitrogen and oxygen atoms in total. The zero-order valence-electron chi connectivity index (χ0n) is 26.6. The molecule has 11 N–H and O–H groups in total. The molecule has 52 heavy (non-hydrogen) atoms. The molecule has 1 saturated heterocycles. The molecule has 272 valence electrons. The lowest BCUT2D eigenvalue weighted by Crippen LogP contribution is -2.60. The maximum atomic E-state index is 14.7. The first-order valence-corrected chi connectivity index (χ1v) is 15.8. The van der Waals surface area contributed by atoms with Gasteiger partial charge in [0.05, 0.1) is 23.7 Å². The molecular weight excluding hydrogens is 688 g/mol. The van der Waals surface area contributed by atoms with Crippen LogP contribution in [0.5, 0.6) is 51.7 Å². The minimum Gasteiger partial charge on any atom is -0.508 e. The van der Waals surface area contributed by atoms with Crippen LogP contribution < -0.4 is 14.2 Å². The Morgan fingerprint density at radius 1 is 0.712 bits per heavy atom. The van der Waals surface area contributed by atoms with E-state index in [9.17, 15) is 61.0 Å². The Balaban J connectivity index is 1.47. The normalized spacial score (nSPS) is 26.7. The number of ketones is 1. The summed E-state index contributed by atoms with van der Waals surface area (Å²) >= 11 is 0. The molecule has 0 saturated carbocycles. The molecule has 8 atom stereocenters. The van der Waals surface area contributed by atoms with E-state index in [1.54, 1.807) is 0 Å². The zero-order chi connectivity index (χ0) is 37.2. The third-order valence-electron chi connectivity index (χ3n) is 9.15. The van der Waals surface area contributed by atoms with Crippen LogP contribution in [0.3, 0.4) is 0 Å². The van der Waals surface area contributed by atoms with Crippen LogP contribution in [0.2, 0.25) is 0 Å². The molecule has 0 amide bonds. The van der Waals surface area contributed by atoms with Crippen LogP contribution in [0.1, 0.15) is 50.7 Å². The van der Waals surface area contributed by atoms with Gasteiger partial charge in [0, 0.05) is 23.8 Å². The summed E-state index contributed by atoms with van der Waals surface area (Å²) in [4.78, 5) is 14.7. The molecule has 3 aliphatic heterocycles. The maximum absolute atomic E-state index is 14.7.